The molecule has 0 bridgehead atoms. The van der Waals surface area contributed by atoms with Gasteiger partial charge in [-0.1, -0.05) is 20.8 Å². The van der Waals surface area contributed by atoms with Crippen molar-refractivity contribution in [3.8, 4) is 0 Å². The van der Waals surface area contributed by atoms with Crippen molar-refractivity contribution < 1.29 is 24.2 Å². The molecular formula is C31H49NO5. The van der Waals surface area contributed by atoms with E-state index in [9.17, 15) is 14.7 Å². The standard InChI is InChI=1S/C31H49NO5/c1-17-6-7-28-18(2)22-9-11-31(35)24(23(22)16-32(28)15-17)13-25-26(31)14-29(37-20(4)34)27-12-21(36-19(3)33)8-10-30(25,27)5/h17-18,21-29,35H,6-16H2,1-5H3/t17-,18-,21-,22-,23+,24+,25+,26-,27-,28+,29+,30-,31+/m1/s1. The summed E-state index contributed by atoms with van der Waals surface area (Å²) < 4.78 is 11.7. The zero-order valence-corrected chi connectivity index (χ0v) is 23.7. The summed E-state index contributed by atoms with van der Waals surface area (Å²) in [5.41, 5.74) is -0.663. The molecule has 6 nitrogen and oxygen atoms in total. The molecule has 0 unspecified atom stereocenters. The zero-order valence-electron chi connectivity index (χ0n) is 23.7. The van der Waals surface area contributed by atoms with Crippen molar-refractivity contribution in [1.82, 2.24) is 4.90 Å². The molecule has 2 heterocycles. The van der Waals surface area contributed by atoms with Gasteiger partial charge in [-0.05, 0) is 105 Å². The lowest BCUT2D eigenvalue weighted by atomic mass is 9.50. The minimum Gasteiger partial charge on any atom is -0.463 e. The Labute approximate surface area is 223 Å². The van der Waals surface area contributed by atoms with Crippen LogP contribution in [-0.4, -0.2) is 58.9 Å². The number of carbonyl (C=O) groups is 2. The molecule has 0 aromatic rings. The van der Waals surface area contributed by atoms with Crippen LogP contribution in [0.1, 0.15) is 92.4 Å². The van der Waals surface area contributed by atoms with Crippen LogP contribution >= 0.6 is 0 Å². The number of rotatable bonds is 2. The number of carbonyl (C=O) groups excluding carboxylic acids is 2. The number of ether oxygens (including phenoxy) is 2. The summed E-state index contributed by atoms with van der Waals surface area (Å²) in [4.78, 5) is 26.8. The van der Waals surface area contributed by atoms with Gasteiger partial charge < -0.3 is 14.6 Å². The Morgan fingerprint density at radius 3 is 2.30 bits per heavy atom. The molecule has 0 aromatic heterocycles. The molecule has 6 heteroatoms. The SMILES string of the molecule is CC(=O)O[C@@H]1CC[C@@]2(C)[C@H](C1)[C@@H](OC(C)=O)C[C@@H]1[C@@H]2C[C@H]2[C@H]3CN4C[C@H](C)CC[C@H]4[C@H](C)[C@H]3CC[C@@]12O. The molecule has 0 amide bonds. The zero-order chi connectivity index (χ0) is 26.3. The maximum atomic E-state index is 12.6. The van der Waals surface area contributed by atoms with Gasteiger partial charge in [0.2, 0.25) is 0 Å². The highest BCUT2D eigenvalue weighted by Gasteiger charge is 2.68. The summed E-state index contributed by atoms with van der Waals surface area (Å²) in [6.45, 7) is 12.7. The Kier molecular flexibility index (Phi) is 6.50. The maximum absolute atomic E-state index is 12.6. The quantitative estimate of drug-likeness (QED) is 0.532. The molecule has 6 rings (SSSR count). The van der Waals surface area contributed by atoms with E-state index < -0.39 is 5.60 Å². The number of esters is 2. The first-order chi connectivity index (χ1) is 17.5. The Balaban J connectivity index is 1.30. The van der Waals surface area contributed by atoms with Crippen molar-refractivity contribution in [3.63, 3.8) is 0 Å². The molecule has 1 N–H and O–H groups in total. The van der Waals surface area contributed by atoms with Crippen molar-refractivity contribution in [3.05, 3.63) is 0 Å². The molecule has 208 valence electrons. The van der Waals surface area contributed by atoms with Crippen LogP contribution < -0.4 is 0 Å². The van der Waals surface area contributed by atoms with Gasteiger partial charge in [-0.2, -0.15) is 0 Å². The Morgan fingerprint density at radius 1 is 0.811 bits per heavy atom. The highest BCUT2D eigenvalue weighted by Crippen LogP contribution is 2.68. The summed E-state index contributed by atoms with van der Waals surface area (Å²) in [5, 5.41) is 12.6. The van der Waals surface area contributed by atoms with Crippen molar-refractivity contribution in [1.29, 1.82) is 0 Å². The van der Waals surface area contributed by atoms with E-state index in [1.165, 1.54) is 33.2 Å². The van der Waals surface area contributed by atoms with Crippen LogP contribution in [0.5, 0.6) is 0 Å². The average molecular weight is 516 g/mol. The van der Waals surface area contributed by atoms with E-state index in [2.05, 4.69) is 25.7 Å². The summed E-state index contributed by atoms with van der Waals surface area (Å²) in [6.07, 6.45) is 8.85. The maximum Gasteiger partial charge on any atom is 0.302 e. The number of nitrogens with zero attached hydrogens (tertiary/aromatic N) is 1. The molecule has 2 saturated heterocycles. The van der Waals surface area contributed by atoms with Gasteiger partial charge in [0.05, 0.1) is 5.60 Å². The fourth-order valence-corrected chi connectivity index (χ4v) is 11.2. The number of piperidine rings is 2. The largest absolute Gasteiger partial charge is 0.463 e. The van der Waals surface area contributed by atoms with Crippen LogP contribution in [0.4, 0.5) is 0 Å². The molecule has 0 spiro atoms. The third-order valence-corrected chi connectivity index (χ3v) is 12.7. The van der Waals surface area contributed by atoms with Crippen LogP contribution in [0, 0.1) is 52.8 Å². The topological polar surface area (TPSA) is 76.1 Å². The lowest BCUT2D eigenvalue weighted by Crippen LogP contribution is -2.62. The Morgan fingerprint density at radius 2 is 1.57 bits per heavy atom. The number of fused-ring (bicyclic) bond motifs is 8. The first-order valence-electron chi connectivity index (χ1n) is 15.3. The molecule has 4 saturated carbocycles. The average Bonchev–Trinajstić information content (AvgIpc) is 3.13. The second-order valence-corrected chi connectivity index (χ2v) is 14.5. The number of aliphatic hydroxyl groups is 1. The second kappa shape index (κ2) is 9.21. The summed E-state index contributed by atoms with van der Waals surface area (Å²) in [5.74, 6) is 3.41. The minimum atomic E-state index is -0.654. The van der Waals surface area contributed by atoms with Crippen molar-refractivity contribution in [2.45, 2.75) is 116 Å². The van der Waals surface area contributed by atoms with Gasteiger partial charge in [-0.3, -0.25) is 14.5 Å². The summed E-state index contributed by atoms with van der Waals surface area (Å²) in [6, 6.07) is 0.721. The fraction of sp³-hybridized carbons (Fsp3) is 0.935. The van der Waals surface area contributed by atoms with Crippen LogP contribution in [-0.2, 0) is 19.1 Å². The predicted molar refractivity (Wildman–Crippen MR) is 140 cm³/mol. The van der Waals surface area contributed by atoms with E-state index in [1.807, 2.05) is 0 Å². The van der Waals surface area contributed by atoms with Crippen LogP contribution in [0.2, 0.25) is 0 Å². The highest BCUT2D eigenvalue weighted by molar-refractivity contribution is 5.66. The van der Waals surface area contributed by atoms with Gasteiger partial charge in [0, 0.05) is 38.9 Å². The van der Waals surface area contributed by atoms with Crippen molar-refractivity contribution in [2.24, 2.45) is 52.8 Å². The van der Waals surface area contributed by atoms with Crippen LogP contribution in [0.15, 0.2) is 0 Å². The van der Waals surface area contributed by atoms with Gasteiger partial charge in [0.25, 0.3) is 0 Å². The van der Waals surface area contributed by atoms with E-state index in [1.54, 1.807) is 0 Å². The van der Waals surface area contributed by atoms with E-state index >= 15 is 0 Å². The van der Waals surface area contributed by atoms with Gasteiger partial charge in [-0.25, -0.2) is 0 Å². The molecule has 0 radical (unpaired) electrons. The van der Waals surface area contributed by atoms with Crippen LogP contribution in [0.25, 0.3) is 0 Å². The second-order valence-electron chi connectivity index (χ2n) is 14.5. The van der Waals surface area contributed by atoms with Crippen LogP contribution in [0.3, 0.4) is 0 Å². The molecule has 6 aliphatic rings. The third-order valence-electron chi connectivity index (χ3n) is 12.7. The number of hydrogen-bond acceptors (Lipinski definition) is 6. The van der Waals surface area contributed by atoms with Crippen molar-refractivity contribution >= 4 is 11.9 Å². The smallest absolute Gasteiger partial charge is 0.302 e. The van der Waals surface area contributed by atoms with E-state index in [0.29, 0.717) is 29.6 Å². The van der Waals surface area contributed by atoms with Gasteiger partial charge in [0.15, 0.2) is 0 Å². The summed E-state index contributed by atoms with van der Waals surface area (Å²) >= 11 is 0. The lowest BCUT2D eigenvalue weighted by molar-refractivity contribution is -0.195. The predicted octanol–water partition coefficient (Wildman–Crippen LogP) is 4.82. The first-order valence-corrected chi connectivity index (χ1v) is 15.3. The number of hydrogen-bond donors (Lipinski definition) is 1. The van der Waals surface area contributed by atoms with E-state index in [4.69, 9.17) is 9.47 Å². The minimum absolute atomic E-state index is 0.00922. The van der Waals surface area contributed by atoms with E-state index in [0.717, 1.165) is 63.5 Å². The summed E-state index contributed by atoms with van der Waals surface area (Å²) in [7, 11) is 0. The van der Waals surface area contributed by atoms with Gasteiger partial charge >= 0.3 is 11.9 Å². The van der Waals surface area contributed by atoms with E-state index in [-0.39, 0.29) is 41.4 Å². The molecule has 6 fully saturated rings. The molecule has 13 atom stereocenters. The third kappa shape index (κ3) is 4.10. The first kappa shape index (κ1) is 26.1. The normalized spacial score (nSPS) is 53.1. The van der Waals surface area contributed by atoms with Gasteiger partial charge in [0.1, 0.15) is 12.2 Å². The highest BCUT2D eigenvalue weighted by atomic mass is 16.5. The molecule has 4 aliphatic carbocycles. The van der Waals surface area contributed by atoms with Crippen molar-refractivity contribution in [2.75, 3.05) is 13.1 Å². The Bertz CT molecular complexity index is 921. The molecule has 37 heavy (non-hydrogen) atoms. The monoisotopic (exact) mass is 515 g/mol. The molecule has 0 aromatic carbocycles. The molecular weight excluding hydrogens is 466 g/mol. The lowest BCUT2D eigenvalue weighted by Gasteiger charge is -2.59. The Hall–Kier alpha value is -1.14. The molecule has 2 aliphatic heterocycles. The van der Waals surface area contributed by atoms with Gasteiger partial charge in [-0.15, -0.1) is 0 Å². The fourth-order valence-electron chi connectivity index (χ4n) is 11.2.